The first kappa shape index (κ1) is 25.7. The largest absolute Gasteiger partial charge is 0.501 e. The van der Waals surface area contributed by atoms with Crippen molar-refractivity contribution in [3.63, 3.8) is 0 Å². The Hall–Kier alpha value is -4.36. The molecule has 5 nitrogen and oxygen atoms in total. The van der Waals surface area contributed by atoms with E-state index in [-0.39, 0.29) is 25.7 Å². The molecule has 0 aliphatic carbocycles. The zero-order valence-corrected chi connectivity index (χ0v) is 30.5. The van der Waals surface area contributed by atoms with Crippen molar-refractivity contribution in [3.05, 3.63) is 139 Å². The second kappa shape index (κ2) is 13.4. The van der Waals surface area contributed by atoms with Crippen molar-refractivity contribution in [2.75, 3.05) is 0 Å². The SMILES string of the molecule is [2H]C([2H])([2H])c1c[c-]c(-c2cc[c]([Ge]([CH3])([CH3])[CH3])cn2)cc1.[2H]C([2H])([2H])c1c[c-]c(-c2nc3ccncc3n2-c2ccccc2)c2oc3ccccc3c12.[Ir]. The van der Waals surface area contributed by atoms with Crippen LogP contribution in [0.4, 0.5) is 0 Å². The molecule has 0 saturated carbocycles. The van der Waals surface area contributed by atoms with Crippen molar-refractivity contribution >= 4 is 50.6 Å². The number of pyridine rings is 2. The molecule has 0 aliphatic heterocycles. The van der Waals surface area contributed by atoms with Gasteiger partial charge in [0.2, 0.25) is 0 Å². The van der Waals surface area contributed by atoms with E-state index in [4.69, 9.17) is 17.6 Å². The summed E-state index contributed by atoms with van der Waals surface area (Å²) in [7, 11) is 0. The smallest absolute Gasteiger partial charge is 0.120 e. The van der Waals surface area contributed by atoms with Crippen LogP contribution in [0.2, 0.25) is 17.3 Å². The fourth-order valence-electron chi connectivity index (χ4n) is 5.45. The molecular formula is C40H34GeIrN4O-2. The Balaban J connectivity index is 0.000000199. The van der Waals surface area contributed by atoms with Crippen LogP contribution in [-0.2, 0) is 20.1 Å². The summed E-state index contributed by atoms with van der Waals surface area (Å²) in [6, 6.07) is 35.9. The molecule has 8 rings (SSSR count). The zero-order chi connectivity index (χ0) is 36.8. The van der Waals surface area contributed by atoms with Gasteiger partial charge >= 0.3 is 110 Å². The molecule has 0 atom stereocenters. The first-order chi connectivity index (χ1) is 24.7. The average molecular weight is 858 g/mol. The number of para-hydroxylation sites is 2. The number of imidazole rings is 1. The molecule has 0 aliphatic rings. The van der Waals surface area contributed by atoms with Crippen LogP contribution in [0.1, 0.15) is 19.4 Å². The minimum atomic E-state index is -2.30. The van der Waals surface area contributed by atoms with Gasteiger partial charge in [0.15, 0.2) is 0 Å². The quantitative estimate of drug-likeness (QED) is 0.131. The molecule has 4 aromatic heterocycles. The molecule has 0 bridgehead atoms. The average Bonchev–Trinajstić information content (AvgIpc) is 3.70. The summed E-state index contributed by atoms with van der Waals surface area (Å²) in [5.41, 5.74) is 6.39. The zero-order valence-electron chi connectivity index (χ0n) is 32.0. The van der Waals surface area contributed by atoms with Gasteiger partial charge in [-0.25, -0.2) is 0 Å². The van der Waals surface area contributed by atoms with E-state index < -0.39 is 27.0 Å². The van der Waals surface area contributed by atoms with E-state index in [0.29, 0.717) is 33.5 Å². The summed E-state index contributed by atoms with van der Waals surface area (Å²) < 4.78 is 55.8. The number of aromatic nitrogens is 4. The molecule has 0 N–H and O–H groups in total. The van der Waals surface area contributed by atoms with Crippen LogP contribution in [0.5, 0.6) is 0 Å². The summed E-state index contributed by atoms with van der Waals surface area (Å²) >= 11 is -1.83. The number of nitrogens with zero attached hydrogens (tertiary/aromatic N) is 4. The van der Waals surface area contributed by atoms with Crippen LogP contribution < -0.4 is 4.40 Å². The van der Waals surface area contributed by atoms with Crippen LogP contribution in [-0.4, -0.2) is 32.8 Å². The Kier molecular flexibility index (Phi) is 7.33. The monoisotopic (exact) mass is 859 g/mol. The first-order valence-corrected chi connectivity index (χ1v) is 22.3. The number of hydrogen-bond donors (Lipinski definition) is 0. The van der Waals surface area contributed by atoms with Gasteiger partial charge in [-0.05, 0) is 24.3 Å². The Morgan fingerprint density at radius 2 is 1.66 bits per heavy atom. The Bertz CT molecular complexity index is 2470. The molecule has 4 heterocycles. The van der Waals surface area contributed by atoms with Crippen LogP contribution in [0.3, 0.4) is 0 Å². The van der Waals surface area contributed by atoms with Gasteiger partial charge in [-0.3, -0.25) is 9.97 Å². The number of aryl methyl sites for hydroxylation is 2. The second-order valence-electron chi connectivity index (χ2n) is 12.0. The Labute approximate surface area is 299 Å². The van der Waals surface area contributed by atoms with Crippen molar-refractivity contribution < 1.29 is 32.7 Å². The van der Waals surface area contributed by atoms with Crippen LogP contribution in [0.15, 0.2) is 120 Å². The molecule has 8 aromatic rings. The van der Waals surface area contributed by atoms with E-state index in [1.54, 1.807) is 30.6 Å². The van der Waals surface area contributed by atoms with E-state index in [2.05, 4.69) is 45.4 Å². The molecular weight excluding hydrogens is 817 g/mol. The summed E-state index contributed by atoms with van der Waals surface area (Å²) in [4.78, 5) is 13.6. The van der Waals surface area contributed by atoms with Gasteiger partial charge in [0.25, 0.3) is 0 Å². The number of benzene rings is 4. The number of rotatable bonds is 4. The van der Waals surface area contributed by atoms with Gasteiger partial charge < -0.3 is 8.98 Å². The molecule has 47 heavy (non-hydrogen) atoms. The van der Waals surface area contributed by atoms with Crippen molar-refractivity contribution in [1.82, 2.24) is 19.5 Å². The molecule has 0 amide bonds. The van der Waals surface area contributed by atoms with E-state index >= 15 is 0 Å². The van der Waals surface area contributed by atoms with E-state index in [1.807, 2.05) is 77.5 Å². The Morgan fingerprint density at radius 3 is 2.38 bits per heavy atom. The van der Waals surface area contributed by atoms with Gasteiger partial charge in [-0.1, -0.05) is 54.2 Å². The van der Waals surface area contributed by atoms with E-state index in [9.17, 15) is 0 Å². The van der Waals surface area contributed by atoms with Gasteiger partial charge in [-0.15, -0.1) is 17.7 Å². The minimum Gasteiger partial charge on any atom is -0.501 e. The van der Waals surface area contributed by atoms with Crippen molar-refractivity contribution in [2.45, 2.75) is 31.0 Å². The minimum absolute atomic E-state index is 0. The van der Waals surface area contributed by atoms with Crippen molar-refractivity contribution in [1.29, 1.82) is 0 Å². The van der Waals surface area contributed by atoms with Crippen LogP contribution >= 0.6 is 0 Å². The predicted octanol–water partition coefficient (Wildman–Crippen LogP) is 9.50. The molecule has 235 valence electrons. The second-order valence-corrected chi connectivity index (χ2v) is 22.7. The van der Waals surface area contributed by atoms with Gasteiger partial charge in [-0.2, -0.15) is 0 Å². The van der Waals surface area contributed by atoms with Gasteiger partial charge in [0, 0.05) is 41.5 Å². The molecule has 0 fully saturated rings. The fourth-order valence-corrected chi connectivity index (χ4v) is 7.62. The molecule has 0 unspecified atom stereocenters. The third-order valence-corrected chi connectivity index (χ3v) is 12.1. The van der Waals surface area contributed by atoms with Crippen LogP contribution in [0, 0.1) is 25.8 Å². The molecule has 4 aromatic carbocycles. The van der Waals surface area contributed by atoms with Crippen molar-refractivity contribution in [3.8, 4) is 28.3 Å². The standard InChI is InChI=1S/C25H16N3O.C15H18GeN.Ir/c1-16-11-12-19(24-23(16)18-9-5-6-10-22(18)29-24)25-27-20-13-14-26-15-21(20)28(25)17-7-3-2-4-8-17;1-12-5-7-13(8-6-12)15-10-9-14(11-17-15)16(2,3)4;/h2-11,13-15H,1H3;5-7,9-11H,1-4H3;/q2*-1;/i2*1D3;. The van der Waals surface area contributed by atoms with E-state index in [1.165, 1.54) is 10.5 Å². The maximum atomic E-state index is 8.05. The number of hydrogen-bond acceptors (Lipinski definition) is 4. The number of fused-ring (bicyclic) bond motifs is 4. The summed E-state index contributed by atoms with van der Waals surface area (Å²) in [5, 5.41) is 1.33. The first-order valence-electron chi connectivity index (χ1n) is 17.9. The van der Waals surface area contributed by atoms with Crippen molar-refractivity contribution in [2.24, 2.45) is 0 Å². The maximum Gasteiger partial charge on any atom is 0.120 e. The molecule has 1 radical (unpaired) electrons. The maximum absolute atomic E-state index is 8.05. The van der Waals surface area contributed by atoms with E-state index in [0.717, 1.165) is 33.4 Å². The molecule has 0 spiro atoms. The summed E-state index contributed by atoms with van der Waals surface area (Å²) in [6.07, 6.45) is 5.42. The third-order valence-electron chi connectivity index (χ3n) is 7.87. The third kappa shape index (κ3) is 6.46. The summed E-state index contributed by atoms with van der Waals surface area (Å²) in [6.45, 7) is -4.38. The van der Waals surface area contributed by atoms with Gasteiger partial charge in [0.05, 0.1) is 28.6 Å². The predicted molar refractivity (Wildman–Crippen MR) is 191 cm³/mol. The summed E-state index contributed by atoms with van der Waals surface area (Å²) in [5.74, 6) is 7.59. The number of furan rings is 1. The normalized spacial score (nSPS) is 13.8. The molecule has 7 heteroatoms. The van der Waals surface area contributed by atoms with Crippen LogP contribution in [0.25, 0.3) is 61.3 Å². The topological polar surface area (TPSA) is 56.7 Å². The Morgan fingerprint density at radius 1 is 0.830 bits per heavy atom. The molecule has 0 saturated heterocycles. The van der Waals surface area contributed by atoms with Gasteiger partial charge in [0.1, 0.15) is 5.58 Å². The fraction of sp³-hybridized carbons (Fsp3) is 0.125.